The molecule has 0 bridgehead atoms. The number of piperazine rings is 1. The monoisotopic (exact) mass is 499 g/mol. The first-order valence-electron chi connectivity index (χ1n) is 11.3. The Morgan fingerprint density at radius 1 is 0.941 bits per heavy atom. The first-order chi connectivity index (χ1) is 16.5. The van der Waals surface area contributed by atoms with E-state index in [1.54, 1.807) is 23.5 Å². The molecule has 1 aromatic heterocycles. The van der Waals surface area contributed by atoms with Crippen molar-refractivity contribution >= 4 is 27.3 Å². The lowest BCUT2D eigenvalue weighted by Crippen LogP contribution is -2.49. The second-order valence-corrected chi connectivity index (χ2v) is 10.8. The van der Waals surface area contributed by atoms with E-state index in [2.05, 4.69) is 9.62 Å². The Labute approximate surface area is 205 Å². The Kier molecular flexibility index (Phi) is 8.34. The van der Waals surface area contributed by atoms with Crippen LogP contribution in [0.3, 0.4) is 0 Å². The molecule has 0 atom stereocenters. The third-order valence-corrected chi connectivity index (χ3v) is 8.15. The van der Waals surface area contributed by atoms with E-state index in [0.29, 0.717) is 38.2 Å². The summed E-state index contributed by atoms with van der Waals surface area (Å²) in [6.07, 6.45) is 0.651. The number of carbonyl (C=O) groups excluding carboxylic acids is 1. The molecule has 0 saturated carbocycles. The van der Waals surface area contributed by atoms with Crippen LogP contribution in [0, 0.1) is 0 Å². The van der Waals surface area contributed by atoms with E-state index in [0.717, 1.165) is 30.3 Å². The molecule has 9 heteroatoms. The van der Waals surface area contributed by atoms with Crippen LogP contribution in [0.25, 0.3) is 0 Å². The number of hydrogen-bond donors (Lipinski definition) is 1. The van der Waals surface area contributed by atoms with Gasteiger partial charge in [0.05, 0.1) is 4.90 Å². The van der Waals surface area contributed by atoms with Gasteiger partial charge in [0.1, 0.15) is 12.4 Å². The van der Waals surface area contributed by atoms with Crippen LogP contribution in [-0.2, 0) is 16.4 Å². The van der Waals surface area contributed by atoms with E-state index in [1.807, 2.05) is 52.7 Å². The Morgan fingerprint density at radius 3 is 2.35 bits per heavy atom. The van der Waals surface area contributed by atoms with Crippen LogP contribution in [0.5, 0.6) is 5.75 Å². The van der Waals surface area contributed by atoms with Gasteiger partial charge in [-0.25, -0.2) is 13.1 Å². The number of hydrogen-bond acceptors (Lipinski definition) is 6. The summed E-state index contributed by atoms with van der Waals surface area (Å²) in [5.41, 5.74) is 0.499. The highest BCUT2D eigenvalue weighted by Crippen LogP contribution is 2.15. The van der Waals surface area contributed by atoms with E-state index in [1.165, 1.54) is 12.1 Å². The predicted octanol–water partition coefficient (Wildman–Crippen LogP) is 3.11. The zero-order chi connectivity index (χ0) is 23.8. The summed E-state index contributed by atoms with van der Waals surface area (Å²) < 4.78 is 33.5. The van der Waals surface area contributed by atoms with Gasteiger partial charge in [-0.05, 0) is 54.3 Å². The molecule has 1 aliphatic rings. The molecule has 1 aliphatic heterocycles. The van der Waals surface area contributed by atoms with Crippen molar-refractivity contribution in [3.8, 4) is 5.75 Å². The summed E-state index contributed by atoms with van der Waals surface area (Å²) >= 11 is 1.60. The maximum atomic E-state index is 12.9. The van der Waals surface area contributed by atoms with Gasteiger partial charge in [0.15, 0.2) is 0 Å². The lowest BCUT2D eigenvalue weighted by molar-refractivity contribution is 0.0620. The number of ether oxygens (including phenoxy) is 1. The van der Waals surface area contributed by atoms with Gasteiger partial charge in [-0.1, -0.05) is 24.3 Å². The van der Waals surface area contributed by atoms with Crippen LogP contribution >= 0.6 is 11.3 Å². The number of thiophene rings is 1. The Hall–Kier alpha value is -2.72. The van der Waals surface area contributed by atoms with Gasteiger partial charge in [-0.3, -0.25) is 9.69 Å². The van der Waals surface area contributed by atoms with Gasteiger partial charge in [0.2, 0.25) is 10.0 Å². The summed E-state index contributed by atoms with van der Waals surface area (Å²) in [5.74, 6) is 0.786. The molecule has 0 aliphatic carbocycles. The number of nitrogens with one attached hydrogen (secondary N) is 1. The Morgan fingerprint density at radius 2 is 1.68 bits per heavy atom. The van der Waals surface area contributed by atoms with Crippen LogP contribution in [0.15, 0.2) is 77.0 Å². The highest BCUT2D eigenvalue weighted by atomic mass is 32.2. The molecule has 1 amide bonds. The second-order valence-electron chi connectivity index (χ2n) is 8.05. The summed E-state index contributed by atoms with van der Waals surface area (Å²) in [7, 11) is -3.61. The van der Waals surface area contributed by atoms with Gasteiger partial charge >= 0.3 is 0 Å². The Balaban J connectivity index is 1.22. The third-order valence-electron chi connectivity index (χ3n) is 5.73. The maximum Gasteiger partial charge on any atom is 0.253 e. The smallest absolute Gasteiger partial charge is 0.253 e. The SMILES string of the molecule is O=C(c1ccc(S(=O)(=O)NCCc2cccs2)cc1)N1CCN(CCOc2ccccc2)CC1. The zero-order valence-corrected chi connectivity index (χ0v) is 20.6. The average Bonchev–Trinajstić information content (AvgIpc) is 3.38. The Bertz CT molecular complexity index is 1140. The molecule has 1 N–H and O–H groups in total. The average molecular weight is 500 g/mol. The number of amides is 1. The minimum absolute atomic E-state index is 0.0743. The fraction of sp³-hybridized carbons (Fsp3) is 0.320. The number of benzene rings is 2. The van der Waals surface area contributed by atoms with Crippen molar-refractivity contribution in [2.24, 2.45) is 0 Å². The quantitative estimate of drug-likeness (QED) is 0.464. The van der Waals surface area contributed by atoms with Gasteiger partial charge in [-0.15, -0.1) is 11.3 Å². The van der Waals surface area contributed by atoms with Crippen LogP contribution < -0.4 is 9.46 Å². The second kappa shape index (κ2) is 11.6. The van der Waals surface area contributed by atoms with Crippen LogP contribution in [0.4, 0.5) is 0 Å². The highest BCUT2D eigenvalue weighted by Gasteiger charge is 2.23. The van der Waals surface area contributed by atoms with Crippen molar-refractivity contribution in [3.63, 3.8) is 0 Å². The lowest BCUT2D eigenvalue weighted by atomic mass is 10.2. The van der Waals surface area contributed by atoms with E-state index < -0.39 is 10.0 Å². The minimum atomic E-state index is -3.61. The van der Waals surface area contributed by atoms with E-state index in [4.69, 9.17) is 4.74 Å². The van der Waals surface area contributed by atoms with Crippen LogP contribution in [0.2, 0.25) is 0 Å². The predicted molar refractivity (Wildman–Crippen MR) is 134 cm³/mol. The molecule has 4 rings (SSSR count). The largest absolute Gasteiger partial charge is 0.492 e. The van der Waals surface area contributed by atoms with Crippen LogP contribution in [0.1, 0.15) is 15.2 Å². The molecule has 1 fully saturated rings. The number of rotatable bonds is 10. The number of para-hydroxylation sites is 1. The molecule has 3 aromatic rings. The summed E-state index contributed by atoms with van der Waals surface area (Å²) in [6, 6.07) is 19.8. The molecule has 7 nitrogen and oxygen atoms in total. The topological polar surface area (TPSA) is 79.0 Å². The van der Waals surface area contributed by atoms with E-state index in [9.17, 15) is 13.2 Å². The molecule has 2 heterocycles. The molecule has 0 spiro atoms. The zero-order valence-electron chi connectivity index (χ0n) is 18.9. The summed E-state index contributed by atoms with van der Waals surface area (Å²) in [4.78, 5) is 18.3. The van der Waals surface area contributed by atoms with Crippen molar-refractivity contribution in [1.82, 2.24) is 14.5 Å². The molecule has 180 valence electrons. The summed E-state index contributed by atoms with van der Waals surface area (Å²) in [6.45, 7) is 4.58. The molecule has 2 aromatic carbocycles. The maximum absolute atomic E-state index is 12.9. The normalized spacial score (nSPS) is 14.8. The first-order valence-corrected chi connectivity index (χ1v) is 13.7. The number of sulfonamides is 1. The fourth-order valence-corrected chi connectivity index (χ4v) is 5.53. The van der Waals surface area contributed by atoms with Gasteiger partial charge in [0, 0.05) is 49.7 Å². The van der Waals surface area contributed by atoms with Gasteiger partial charge < -0.3 is 9.64 Å². The van der Waals surface area contributed by atoms with Crippen molar-refractivity contribution in [2.75, 3.05) is 45.9 Å². The number of nitrogens with zero attached hydrogens (tertiary/aromatic N) is 2. The lowest BCUT2D eigenvalue weighted by Gasteiger charge is -2.34. The molecular formula is C25H29N3O4S2. The van der Waals surface area contributed by atoms with Crippen molar-refractivity contribution < 1.29 is 17.9 Å². The molecule has 0 unspecified atom stereocenters. The standard InChI is InChI=1S/C25H29N3O4S2/c29-25(28-16-14-27(15-17-28)18-19-32-22-5-2-1-3-6-22)21-8-10-24(11-9-21)34(30,31)26-13-12-23-7-4-20-33-23/h1-11,20,26H,12-19H2. The van der Waals surface area contributed by atoms with Crippen molar-refractivity contribution in [1.29, 1.82) is 0 Å². The first kappa shape index (κ1) is 24.4. The van der Waals surface area contributed by atoms with Gasteiger partial charge in [0.25, 0.3) is 5.91 Å². The van der Waals surface area contributed by atoms with Gasteiger partial charge in [-0.2, -0.15) is 0 Å². The molecule has 1 saturated heterocycles. The van der Waals surface area contributed by atoms with E-state index in [-0.39, 0.29) is 10.8 Å². The summed E-state index contributed by atoms with van der Waals surface area (Å²) in [5, 5.41) is 1.97. The van der Waals surface area contributed by atoms with Crippen molar-refractivity contribution in [3.05, 3.63) is 82.6 Å². The molecule has 34 heavy (non-hydrogen) atoms. The van der Waals surface area contributed by atoms with Crippen LogP contribution in [-0.4, -0.2) is 70.0 Å². The van der Waals surface area contributed by atoms with Crippen molar-refractivity contribution in [2.45, 2.75) is 11.3 Å². The molecular weight excluding hydrogens is 470 g/mol. The fourth-order valence-electron chi connectivity index (χ4n) is 3.79. The third kappa shape index (κ3) is 6.66. The highest BCUT2D eigenvalue weighted by molar-refractivity contribution is 7.89. The minimum Gasteiger partial charge on any atom is -0.492 e. The number of carbonyl (C=O) groups is 1. The van der Waals surface area contributed by atoms with E-state index >= 15 is 0 Å². The molecule has 0 radical (unpaired) electrons.